The predicted molar refractivity (Wildman–Crippen MR) is 74.1 cm³/mol. The van der Waals surface area contributed by atoms with E-state index in [0.717, 1.165) is 11.1 Å². The van der Waals surface area contributed by atoms with Crippen LogP contribution in [0.25, 0.3) is 11.4 Å². The summed E-state index contributed by atoms with van der Waals surface area (Å²) in [6, 6.07) is 6.15. The molecule has 0 saturated heterocycles. The molecule has 0 unspecified atom stereocenters. The van der Waals surface area contributed by atoms with Gasteiger partial charge in [0.05, 0.1) is 0 Å². The van der Waals surface area contributed by atoms with E-state index in [1.807, 2.05) is 33.2 Å². The average molecular weight is 263 g/mol. The predicted octanol–water partition coefficient (Wildman–Crippen LogP) is 2.87. The van der Waals surface area contributed by atoms with Crippen molar-refractivity contribution in [2.45, 2.75) is 13.8 Å². The fraction of sp³-hybridized carbons (Fsp3) is 0.308. The van der Waals surface area contributed by atoms with Crippen LogP contribution in [0, 0.1) is 13.8 Å². The second-order valence-electron chi connectivity index (χ2n) is 4.44. The number of aryl methyl sites for hydroxylation is 2. The first-order valence-corrected chi connectivity index (χ1v) is 6.01. The zero-order valence-electron chi connectivity index (χ0n) is 10.9. The van der Waals surface area contributed by atoms with Crippen molar-refractivity contribution in [3.05, 3.63) is 34.6 Å². The average Bonchev–Trinajstić information content (AvgIpc) is 2.27. The minimum absolute atomic E-state index is 0.212. The molecule has 94 valence electrons. The molecular formula is C13H15ClN4. The van der Waals surface area contributed by atoms with Gasteiger partial charge in [-0.2, -0.15) is 15.0 Å². The van der Waals surface area contributed by atoms with E-state index >= 15 is 0 Å². The lowest BCUT2D eigenvalue weighted by Crippen LogP contribution is -2.14. The molecule has 2 rings (SSSR count). The highest BCUT2D eigenvalue weighted by molar-refractivity contribution is 6.28. The van der Waals surface area contributed by atoms with Gasteiger partial charge in [-0.05, 0) is 31.0 Å². The van der Waals surface area contributed by atoms with Crippen LogP contribution in [0.1, 0.15) is 11.1 Å². The Morgan fingerprint density at radius 1 is 1.06 bits per heavy atom. The summed E-state index contributed by atoms with van der Waals surface area (Å²) >= 11 is 5.94. The molecule has 0 aliphatic rings. The number of halogens is 1. The highest BCUT2D eigenvalue weighted by Gasteiger charge is 2.10. The lowest BCUT2D eigenvalue weighted by Gasteiger charge is -2.12. The van der Waals surface area contributed by atoms with Crippen LogP contribution >= 0.6 is 11.6 Å². The zero-order valence-corrected chi connectivity index (χ0v) is 11.7. The van der Waals surface area contributed by atoms with Gasteiger partial charge in [0.2, 0.25) is 11.2 Å². The van der Waals surface area contributed by atoms with Crippen molar-refractivity contribution in [1.29, 1.82) is 0 Å². The quantitative estimate of drug-likeness (QED) is 0.835. The fourth-order valence-electron chi connectivity index (χ4n) is 1.72. The van der Waals surface area contributed by atoms with Crippen molar-refractivity contribution >= 4 is 17.5 Å². The Hall–Kier alpha value is -1.68. The standard InChI is InChI=1S/C13H15ClN4/c1-8-5-6-10(9(2)7-8)11-15-12(14)17-13(16-11)18(3)4/h5-7H,1-4H3. The number of aromatic nitrogens is 3. The molecule has 1 aromatic heterocycles. The highest BCUT2D eigenvalue weighted by Crippen LogP contribution is 2.23. The van der Waals surface area contributed by atoms with Crippen LogP contribution in [0.5, 0.6) is 0 Å². The maximum absolute atomic E-state index is 5.94. The lowest BCUT2D eigenvalue weighted by molar-refractivity contribution is 0.960. The van der Waals surface area contributed by atoms with E-state index in [0.29, 0.717) is 11.8 Å². The minimum atomic E-state index is 0.212. The van der Waals surface area contributed by atoms with Gasteiger partial charge in [0.1, 0.15) is 0 Å². The Morgan fingerprint density at radius 3 is 2.39 bits per heavy atom. The van der Waals surface area contributed by atoms with Gasteiger partial charge in [-0.3, -0.25) is 0 Å². The third-order valence-corrected chi connectivity index (χ3v) is 2.79. The first-order chi connectivity index (χ1) is 8.47. The van der Waals surface area contributed by atoms with E-state index in [1.54, 1.807) is 4.90 Å². The molecule has 0 amide bonds. The summed E-state index contributed by atoms with van der Waals surface area (Å²) in [6.07, 6.45) is 0. The van der Waals surface area contributed by atoms with Gasteiger partial charge in [0.25, 0.3) is 0 Å². The molecule has 1 heterocycles. The normalized spacial score (nSPS) is 10.5. The van der Waals surface area contributed by atoms with Crippen LogP contribution in [0.2, 0.25) is 5.28 Å². The summed E-state index contributed by atoms with van der Waals surface area (Å²) in [4.78, 5) is 14.5. The fourth-order valence-corrected chi connectivity index (χ4v) is 1.88. The van der Waals surface area contributed by atoms with Crippen LogP contribution in [-0.2, 0) is 0 Å². The Morgan fingerprint density at radius 2 is 1.78 bits per heavy atom. The Kier molecular flexibility index (Phi) is 3.48. The summed E-state index contributed by atoms with van der Waals surface area (Å²) in [5, 5.41) is 0.212. The van der Waals surface area contributed by atoms with Crippen molar-refractivity contribution in [1.82, 2.24) is 15.0 Å². The SMILES string of the molecule is Cc1ccc(-c2nc(Cl)nc(N(C)C)n2)c(C)c1. The molecule has 0 saturated carbocycles. The van der Waals surface area contributed by atoms with Crippen molar-refractivity contribution in [2.24, 2.45) is 0 Å². The summed E-state index contributed by atoms with van der Waals surface area (Å²) in [7, 11) is 3.74. The summed E-state index contributed by atoms with van der Waals surface area (Å²) in [5.74, 6) is 1.17. The summed E-state index contributed by atoms with van der Waals surface area (Å²) in [5.41, 5.74) is 3.32. The molecule has 0 spiro atoms. The molecule has 1 aromatic carbocycles. The number of hydrogen-bond acceptors (Lipinski definition) is 4. The van der Waals surface area contributed by atoms with Crippen LogP contribution in [0.3, 0.4) is 0 Å². The second kappa shape index (κ2) is 4.90. The molecule has 0 atom stereocenters. The number of anilines is 1. The van der Waals surface area contributed by atoms with Gasteiger partial charge < -0.3 is 4.90 Å². The van der Waals surface area contributed by atoms with Crippen molar-refractivity contribution in [3.63, 3.8) is 0 Å². The lowest BCUT2D eigenvalue weighted by atomic mass is 10.1. The van der Waals surface area contributed by atoms with Crippen LogP contribution in [0.15, 0.2) is 18.2 Å². The molecule has 0 aliphatic carbocycles. The second-order valence-corrected chi connectivity index (χ2v) is 4.78. The topological polar surface area (TPSA) is 41.9 Å². The first kappa shape index (κ1) is 12.8. The third kappa shape index (κ3) is 2.59. The van der Waals surface area contributed by atoms with Crippen LogP contribution in [0.4, 0.5) is 5.95 Å². The molecule has 0 radical (unpaired) electrons. The molecule has 2 aromatic rings. The van der Waals surface area contributed by atoms with E-state index in [2.05, 4.69) is 27.9 Å². The van der Waals surface area contributed by atoms with Gasteiger partial charge in [0, 0.05) is 19.7 Å². The number of hydrogen-bond donors (Lipinski definition) is 0. The molecule has 0 fully saturated rings. The van der Waals surface area contributed by atoms with Gasteiger partial charge in [-0.15, -0.1) is 0 Å². The molecule has 5 heteroatoms. The largest absolute Gasteiger partial charge is 0.347 e. The van der Waals surface area contributed by atoms with Crippen molar-refractivity contribution in [2.75, 3.05) is 19.0 Å². The van der Waals surface area contributed by atoms with E-state index < -0.39 is 0 Å². The van der Waals surface area contributed by atoms with Crippen LogP contribution in [-0.4, -0.2) is 29.0 Å². The maximum atomic E-state index is 5.94. The number of rotatable bonds is 2. The van der Waals surface area contributed by atoms with E-state index in [9.17, 15) is 0 Å². The summed E-state index contributed by atoms with van der Waals surface area (Å²) in [6.45, 7) is 4.10. The molecule has 0 N–H and O–H groups in total. The first-order valence-electron chi connectivity index (χ1n) is 5.64. The van der Waals surface area contributed by atoms with Crippen molar-refractivity contribution in [3.8, 4) is 11.4 Å². The van der Waals surface area contributed by atoms with Crippen LogP contribution < -0.4 is 4.90 Å². The maximum Gasteiger partial charge on any atom is 0.229 e. The monoisotopic (exact) mass is 262 g/mol. The summed E-state index contributed by atoms with van der Waals surface area (Å²) < 4.78 is 0. The van der Waals surface area contributed by atoms with Gasteiger partial charge >= 0.3 is 0 Å². The Bertz CT molecular complexity index is 581. The molecule has 4 nitrogen and oxygen atoms in total. The van der Waals surface area contributed by atoms with Gasteiger partial charge in [-0.25, -0.2) is 0 Å². The van der Waals surface area contributed by atoms with Gasteiger partial charge in [0.15, 0.2) is 5.82 Å². The molecule has 0 aliphatic heterocycles. The highest BCUT2D eigenvalue weighted by atomic mass is 35.5. The molecule has 18 heavy (non-hydrogen) atoms. The minimum Gasteiger partial charge on any atom is -0.347 e. The van der Waals surface area contributed by atoms with Crippen molar-refractivity contribution < 1.29 is 0 Å². The third-order valence-electron chi connectivity index (χ3n) is 2.62. The van der Waals surface area contributed by atoms with E-state index in [4.69, 9.17) is 11.6 Å². The molecular weight excluding hydrogens is 248 g/mol. The molecule has 0 bridgehead atoms. The number of benzene rings is 1. The Balaban J connectivity index is 2.56. The van der Waals surface area contributed by atoms with E-state index in [-0.39, 0.29) is 5.28 Å². The Labute approximate surface area is 112 Å². The van der Waals surface area contributed by atoms with Gasteiger partial charge in [-0.1, -0.05) is 23.8 Å². The zero-order chi connectivity index (χ0) is 13.3. The smallest absolute Gasteiger partial charge is 0.229 e. The number of nitrogens with zero attached hydrogens (tertiary/aromatic N) is 4. The van der Waals surface area contributed by atoms with E-state index in [1.165, 1.54) is 5.56 Å².